The standard InChI is InChI=1S/C11H13BrO5S/c1-17-5-2-6-18(15,16)8-3-4-10(12)9(7-8)11(13)14/h3-4,7H,2,5-6H2,1H3,(H,13,14). The van der Waals surface area contributed by atoms with Gasteiger partial charge in [0.1, 0.15) is 0 Å². The average molecular weight is 337 g/mol. The van der Waals surface area contributed by atoms with E-state index in [1.807, 2.05) is 0 Å². The first-order valence-electron chi connectivity index (χ1n) is 5.13. The summed E-state index contributed by atoms with van der Waals surface area (Å²) < 4.78 is 29.0. The van der Waals surface area contributed by atoms with Crippen molar-refractivity contribution in [1.82, 2.24) is 0 Å². The van der Waals surface area contributed by atoms with Gasteiger partial charge in [-0.2, -0.15) is 0 Å². The first kappa shape index (κ1) is 15.1. The van der Waals surface area contributed by atoms with Crippen LogP contribution in [0.5, 0.6) is 0 Å². The maximum atomic E-state index is 11.9. The van der Waals surface area contributed by atoms with Crippen molar-refractivity contribution < 1.29 is 23.1 Å². The number of aromatic carboxylic acids is 1. The van der Waals surface area contributed by atoms with Crippen LogP contribution in [0.3, 0.4) is 0 Å². The van der Waals surface area contributed by atoms with Crippen LogP contribution in [0.15, 0.2) is 27.6 Å². The lowest BCUT2D eigenvalue weighted by atomic mass is 10.2. The molecule has 0 saturated heterocycles. The zero-order chi connectivity index (χ0) is 13.8. The predicted octanol–water partition coefficient (Wildman–Crippen LogP) is 1.96. The molecule has 0 bridgehead atoms. The molecule has 1 rings (SSSR count). The molecule has 0 saturated carbocycles. The van der Waals surface area contributed by atoms with E-state index in [1.165, 1.54) is 19.2 Å². The van der Waals surface area contributed by atoms with Crippen LogP contribution in [-0.2, 0) is 14.6 Å². The number of carboxylic acids is 1. The quantitative estimate of drug-likeness (QED) is 0.803. The van der Waals surface area contributed by atoms with Crippen LogP contribution < -0.4 is 0 Å². The van der Waals surface area contributed by atoms with Crippen LogP contribution in [-0.4, -0.2) is 39.0 Å². The normalized spacial score (nSPS) is 11.4. The Morgan fingerprint density at radius 1 is 1.44 bits per heavy atom. The minimum absolute atomic E-state index is 0.0132. The van der Waals surface area contributed by atoms with Gasteiger partial charge < -0.3 is 9.84 Å². The summed E-state index contributed by atoms with van der Waals surface area (Å²) in [4.78, 5) is 10.9. The van der Waals surface area contributed by atoms with E-state index in [0.717, 1.165) is 6.07 Å². The molecular formula is C11H13BrO5S. The minimum atomic E-state index is -3.47. The lowest BCUT2D eigenvalue weighted by molar-refractivity contribution is 0.0695. The number of ether oxygens (including phenoxy) is 1. The van der Waals surface area contributed by atoms with Crippen molar-refractivity contribution in [2.24, 2.45) is 0 Å². The third kappa shape index (κ3) is 3.79. The summed E-state index contributed by atoms with van der Waals surface area (Å²) in [6.45, 7) is 0.349. The SMILES string of the molecule is COCCCS(=O)(=O)c1ccc(Br)c(C(=O)O)c1. The number of methoxy groups -OCH3 is 1. The molecule has 0 heterocycles. The highest BCUT2D eigenvalue weighted by atomic mass is 79.9. The van der Waals surface area contributed by atoms with Gasteiger partial charge in [0, 0.05) is 18.2 Å². The molecule has 0 fully saturated rings. The van der Waals surface area contributed by atoms with Gasteiger partial charge in [0.15, 0.2) is 9.84 Å². The molecule has 100 valence electrons. The summed E-state index contributed by atoms with van der Waals surface area (Å²) in [6, 6.07) is 3.97. The molecule has 7 heteroatoms. The Bertz CT molecular complexity index is 538. The summed E-state index contributed by atoms with van der Waals surface area (Å²) in [6.07, 6.45) is 0.372. The van der Waals surface area contributed by atoms with Crippen molar-refractivity contribution in [3.8, 4) is 0 Å². The van der Waals surface area contributed by atoms with Crippen molar-refractivity contribution in [2.45, 2.75) is 11.3 Å². The number of carboxylic acid groups (broad SMARTS) is 1. The second-order valence-electron chi connectivity index (χ2n) is 3.61. The van der Waals surface area contributed by atoms with Crippen molar-refractivity contribution >= 4 is 31.7 Å². The molecule has 0 aliphatic rings. The molecule has 0 unspecified atom stereocenters. The number of hydrogen-bond donors (Lipinski definition) is 1. The van der Waals surface area contributed by atoms with Gasteiger partial charge in [0.25, 0.3) is 0 Å². The maximum Gasteiger partial charge on any atom is 0.336 e. The van der Waals surface area contributed by atoms with Gasteiger partial charge in [0.05, 0.1) is 16.2 Å². The third-order valence-corrected chi connectivity index (χ3v) is 4.78. The summed E-state index contributed by atoms with van der Waals surface area (Å²) >= 11 is 3.07. The van der Waals surface area contributed by atoms with E-state index < -0.39 is 15.8 Å². The van der Waals surface area contributed by atoms with Crippen molar-refractivity contribution in [3.63, 3.8) is 0 Å². The number of carbonyl (C=O) groups is 1. The summed E-state index contributed by atoms with van der Waals surface area (Å²) in [5, 5.41) is 8.93. The maximum absolute atomic E-state index is 11.9. The number of hydrogen-bond acceptors (Lipinski definition) is 4. The topological polar surface area (TPSA) is 80.7 Å². The second-order valence-corrected chi connectivity index (χ2v) is 6.58. The Morgan fingerprint density at radius 2 is 2.11 bits per heavy atom. The molecule has 0 aliphatic carbocycles. The first-order valence-corrected chi connectivity index (χ1v) is 7.57. The summed E-state index contributed by atoms with van der Waals surface area (Å²) in [5.41, 5.74) is -0.0668. The second kappa shape index (κ2) is 6.31. The van der Waals surface area contributed by atoms with E-state index in [9.17, 15) is 13.2 Å². The van der Waals surface area contributed by atoms with Crippen LogP contribution in [0, 0.1) is 0 Å². The molecule has 0 aromatic heterocycles. The molecular weight excluding hydrogens is 324 g/mol. The van der Waals surface area contributed by atoms with Crippen molar-refractivity contribution in [2.75, 3.05) is 19.5 Å². The van der Waals surface area contributed by atoms with E-state index in [-0.39, 0.29) is 16.2 Å². The molecule has 0 radical (unpaired) electrons. The molecule has 18 heavy (non-hydrogen) atoms. The number of rotatable bonds is 6. The van der Waals surface area contributed by atoms with Gasteiger partial charge in [-0.1, -0.05) is 0 Å². The smallest absolute Gasteiger partial charge is 0.336 e. The van der Waals surface area contributed by atoms with E-state index in [1.54, 1.807) is 0 Å². The fourth-order valence-electron chi connectivity index (χ4n) is 1.37. The Morgan fingerprint density at radius 3 is 2.67 bits per heavy atom. The highest BCUT2D eigenvalue weighted by Crippen LogP contribution is 2.22. The zero-order valence-electron chi connectivity index (χ0n) is 9.72. The van der Waals surface area contributed by atoms with Crippen molar-refractivity contribution in [1.29, 1.82) is 0 Å². The molecule has 1 N–H and O–H groups in total. The fraction of sp³-hybridized carbons (Fsp3) is 0.364. The van der Waals surface area contributed by atoms with Gasteiger partial charge in [-0.25, -0.2) is 13.2 Å². The van der Waals surface area contributed by atoms with Gasteiger partial charge in [-0.3, -0.25) is 0 Å². The average Bonchev–Trinajstić information content (AvgIpc) is 2.29. The lowest BCUT2D eigenvalue weighted by Gasteiger charge is -2.06. The molecule has 0 amide bonds. The van der Waals surface area contributed by atoms with Crippen LogP contribution >= 0.6 is 15.9 Å². The zero-order valence-corrected chi connectivity index (χ0v) is 12.1. The molecule has 1 aromatic rings. The highest BCUT2D eigenvalue weighted by molar-refractivity contribution is 9.10. The molecule has 0 aliphatic heterocycles. The monoisotopic (exact) mass is 336 g/mol. The number of sulfone groups is 1. The van der Waals surface area contributed by atoms with Crippen LogP contribution in [0.25, 0.3) is 0 Å². The predicted molar refractivity (Wildman–Crippen MR) is 69.6 cm³/mol. The Labute approximate surface area is 114 Å². The first-order chi connectivity index (χ1) is 8.38. The third-order valence-electron chi connectivity index (χ3n) is 2.29. The van der Waals surface area contributed by atoms with Crippen LogP contribution in [0.2, 0.25) is 0 Å². The largest absolute Gasteiger partial charge is 0.478 e. The highest BCUT2D eigenvalue weighted by Gasteiger charge is 2.18. The molecule has 1 aromatic carbocycles. The Balaban J connectivity index is 3.02. The van der Waals surface area contributed by atoms with E-state index >= 15 is 0 Å². The lowest BCUT2D eigenvalue weighted by Crippen LogP contribution is -2.10. The van der Waals surface area contributed by atoms with Gasteiger partial charge in [-0.05, 0) is 40.5 Å². The van der Waals surface area contributed by atoms with Crippen LogP contribution in [0.4, 0.5) is 0 Å². The fourth-order valence-corrected chi connectivity index (χ4v) is 3.10. The van der Waals surface area contributed by atoms with Gasteiger partial charge in [-0.15, -0.1) is 0 Å². The minimum Gasteiger partial charge on any atom is -0.478 e. The van der Waals surface area contributed by atoms with E-state index in [4.69, 9.17) is 9.84 Å². The summed E-state index contributed by atoms with van der Waals surface area (Å²) in [5.74, 6) is -1.24. The Kier molecular flexibility index (Phi) is 5.30. The summed E-state index contributed by atoms with van der Waals surface area (Å²) in [7, 11) is -1.97. The molecule has 0 spiro atoms. The van der Waals surface area contributed by atoms with E-state index in [0.29, 0.717) is 17.5 Å². The van der Waals surface area contributed by atoms with Gasteiger partial charge in [0.2, 0.25) is 0 Å². The Hall–Kier alpha value is -0.920. The van der Waals surface area contributed by atoms with Crippen LogP contribution in [0.1, 0.15) is 16.8 Å². The van der Waals surface area contributed by atoms with Crippen molar-refractivity contribution in [3.05, 3.63) is 28.2 Å². The molecule has 5 nitrogen and oxygen atoms in total. The number of halogens is 1. The van der Waals surface area contributed by atoms with Gasteiger partial charge >= 0.3 is 5.97 Å². The van der Waals surface area contributed by atoms with E-state index in [2.05, 4.69) is 15.9 Å². The number of benzene rings is 1. The molecule has 0 atom stereocenters.